The molecule has 0 bridgehead atoms. The molecule has 1 aromatic rings. The summed E-state index contributed by atoms with van der Waals surface area (Å²) in [6, 6.07) is 5.28. The van der Waals surface area contributed by atoms with Gasteiger partial charge >= 0.3 is 0 Å². The van der Waals surface area contributed by atoms with E-state index in [1.54, 1.807) is 12.1 Å². The van der Waals surface area contributed by atoms with E-state index in [2.05, 4.69) is 5.32 Å². The zero-order chi connectivity index (χ0) is 14.8. The summed E-state index contributed by atoms with van der Waals surface area (Å²) in [5.41, 5.74) is 1.50. The number of hydrogen-bond acceptors (Lipinski definition) is 5. The monoisotopic (exact) mass is 279 g/mol. The van der Waals surface area contributed by atoms with Crippen molar-refractivity contribution in [3.63, 3.8) is 0 Å². The maximum Gasteiger partial charge on any atom is 0.205 e. The Hall–Kier alpha value is -1.43. The van der Waals surface area contributed by atoms with Crippen LogP contribution in [-0.4, -0.2) is 35.9 Å². The van der Waals surface area contributed by atoms with E-state index in [4.69, 9.17) is 14.6 Å². The Morgan fingerprint density at radius 2 is 2.25 bits per heavy atom. The van der Waals surface area contributed by atoms with Gasteiger partial charge in [-0.3, -0.25) is 4.79 Å². The summed E-state index contributed by atoms with van der Waals surface area (Å²) in [4.78, 5) is 12.1. The average Bonchev–Trinajstić information content (AvgIpc) is 2.42. The van der Waals surface area contributed by atoms with E-state index in [1.807, 2.05) is 26.8 Å². The third-order valence-corrected chi connectivity index (χ3v) is 3.20. The number of ketones is 1. The van der Waals surface area contributed by atoms with Crippen molar-refractivity contribution in [1.29, 1.82) is 0 Å². The van der Waals surface area contributed by atoms with Crippen molar-refractivity contribution < 1.29 is 19.4 Å². The van der Waals surface area contributed by atoms with Crippen LogP contribution in [0.5, 0.6) is 5.75 Å². The number of carbonyl (C=O) groups excluding carboxylic acids is 1. The molecule has 0 spiro atoms. The molecule has 1 aliphatic rings. The number of carbonyl (C=O) groups is 1. The SMILES string of the molecule is CC(CO)NCC(=O)c1ccc2c(c1)COC(C)(C)O2. The van der Waals surface area contributed by atoms with Crippen LogP contribution >= 0.6 is 0 Å². The fourth-order valence-corrected chi connectivity index (χ4v) is 1.94. The highest BCUT2D eigenvalue weighted by atomic mass is 16.7. The number of nitrogens with one attached hydrogen (secondary N) is 1. The van der Waals surface area contributed by atoms with Gasteiger partial charge in [0.2, 0.25) is 5.79 Å². The predicted molar refractivity (Wildman–Crippen MR) is 74.8 cm³/mol. The van der Waals surface area contributed by atoms with Crippen LogP contribution in [0.4, 0.5) is 0 Å². The third-order valence-electron chi connectivity index (χ3n) is 3.20. The maximum atomic E-state index is 12.1. The van der Waals surface area contributed by atoms with E-state index in [0.717, 1.165) is 11.3 Å². The van der Waals surface area contributed by atoms with Crippen LogP contribution in [-0.2, 0) is 11.3 Å². The van der Waals surface area contributed by atoms with Gasteiger partial charge in [0, 0.05) is 31.0 Å². The van der Waals surface area contributed by atoms with Crippen molar-refractivity contribution in [3.8, 4) is 5.75 Å². The molecule has 2 rings (SSSR count). The van der Waals surface area contributed by atoms with E-state index < -0.39 is 5.79 Å². The number of Topliss-reactive ketones (excluding diaryl/α,β-unsaturated/α-hetero) is 1. The summed E-state index contributed by atoms with van der Waals surface area (Å²) in [6.45, 7) is 6.18. The minimum absolute atomic E-state index is 0.00817. The summed E-state index contributed by atoms with van der Waals surface area (Å²) < 4.78 is 11.2. The minimum atomic E-state index is -0.628. The summed E-state index contributed by atoms with van der Waals surface area (Å²) in [7, 11) is 0. The van der Waals surface area contributed by atoms with E-state index in [1.165, 1.54) is 0 Å². The Bertz CT molecular complexity index is 499. The molecule has 1 aromatic carbocycles. The van der Waals surface area contributed by atoms with Gasteiger partial charge in [-0.2, -0.15) is 0 Å². The Morgan fingerprint density at radius 3 is 2.95 bits per heavy atom. The van der Waals surface area contributed by atoms with Gasteiger partial charge in [-0.25, -0.2) is 0 Å². The molecule has 0 saturated carbocycles. The van der Waals surface area contributed by atoms with Gasteiger partial charge in [0.15, 0.2) is 5.78 Å². The van der Waals surface area contributed by atoms with Gasteiger partial charge in [-0.05, 0) is 25.1 Å². The zero-order valence-electron chi connectivity index (χ0n) is 12.1. The van der Waals surface area contributed by atoms with Crippen LogP contribution in [0.15, 0.2) is 18.2 Å². The van der Waals surface area contributed by atoms with Gasteiger partial charge in [0.1, 0.15) is 5.75 Å². The Morgan fingerprint density at radius 1 is 1.50 bits per heavy atom. The number of hydrogen-bond donors (Lipinski definition) is 2. The topological polar surface area (TPSA) is 67.8 Å². The molecule has 1 atom stereocenters. The van der Waals surface area contributed by atoms with Crippen molar-refractivity contribution in [2.45, 2.75) is 39.2 Å². The van der Waals surface area contributed by atoms with Crippen LogP contribution in [0.2, 0.25) is 0 Å². The van der Waals surface area contributed by atoms with Gasteiger partial charge in [-0.15, -0.1) is 0 Å². The Labute approximate surface area is 118 Å². The van der Waals surface area contributed by atoms with Crippen molar-refractivity contribution >= 4 is 5.78 Å². The number of fused-ring (bicyclic) bond motifs is 1. The molecule has 20 heavy (non-hydrogen) atoms. The smallest absolute Gasteiger partial charge is 0.205 e. The summed E-state index contributed by atoms with van der Waals surface area (Å²) in [5.74, 6) is 0.115. The van der Waals surface area contributed by atoms with Crippen LogP contribution in [0.25, 0.3) is 0 Å². The van der Waals surface area contributed by atoms with Crippen molar-refractivity contribution in [2.24, 2.45) is 0 Å². The third kappa shape index (κ3) is 3.56. The predicted octanol–water partition coefficient (Wildman–Crippen LogP) is 1.48. The number of ether oxygens (including phenoxy) is 2. The van der Waals surface area contributed by atoms with E-state index >= 15 is 0 Å². The average molecular weight is 279 g/mol. The van der Waals surface area contributed by atoms with Crippen LogP contribution in [0, 0.1) is 0 Å². The van der Waals surface area contributed by atoms with Gasteiger partial charge in [0.25, 0.3) is 0 Å². The molecule has 0 radical (unpaired) electrons. The maximum absolute atomic E-state index is 12.1. The first-order valence-electron chi connectivity index (χ1n) is 6.74. The first-order chi connectivity index (χ1) is 9.41. The minimum Gasteiger partial charge on any atom is -0.463 e. The first kappa shape index (κ1) is 15.0. The highest BCUT2D eigenvalue weighted by molar-refractivity contribution is 5.98. The quantitative estimate of drug-likeness (QED) is 0.799. The first-order valence-corrected chi connectivity index (χ1v) is 6.74. The van der Waals surface area contributed by atoms with Gasteiger partial charge < -0.3 is 19.9 Å². The van der Waals surface area contributed by atoms with Gasteiger partial charge in [-0.1, -0.05) is 0 Å². The van der Waals surface area contributed by atoms with Gasteiger partial charge in [0.05, 0.1) is 19.8 Å². The fourth-order valence-electron chi connectivity index (χ4n) is 1.94. The molecular weight excluding hydrogens is 258 g/mol. The number of aliphatic hydroxyl groups is 1. The highest BCUT2D eigenvalue weighted by Gasteiger charge is 2.27. The number of rotatable bonds is 5. The lowest BCUT2D eigenvalue weighted by molar-refractivity contribution is -0.180. The largest absolute Gasteiger partial charge is 0.463 e. The second kappa shape index (κ2) is 5.91. The molecule has 0 fully saturated rings. The molecule has 5 heteroatoms. The molecule has 2 N–H and O–H groups in total. The Kier molecular flexibility index (Phi) is 4.42. The highest BCUT2D eigenvalue weighted by Crippen LogP contribution is 2.31. The normalized spacial score (nSPS) is 18.0. The summed E-state index contributed by atoms with van der Waals surface area (Å²) in [5, 5.41) is 11.9. The van der Waals surface area contributed by atoms with Crippen molar-refractivity contribution in [2.75, 3.05) is 13.2 Å². The fraction of sp³-hybridized carbons (Fsp3) is 0.533. The van der Waals surface area contributed by atoms with Crippen LogP contribution in [0.1, 0.15) is 36.7 Å². The Balaban J connectivity index is 2.06. The molecule has 0 amide bonds. The lowest BCUT2D eigenvalue weighted by Crippen LogP contribution is -2.36. The van der Waals surface area contributed by atoms with Crippen molar-refractivity contribution in [1.82, 2.24) is 5.32 Å². The zero-order valence-corrected chi connectivity index (χ0v) is 12.1. The van der Waals surface area contributed by atoms with Crippen molar-refractivity contribution in [3.05, 3.63) is 29.3 Å². The number of benzene rings is 1. The summed E-state index contributed by atoms with van der Waals surface area (Å²) >= 11 is 0. The molecule has 110 valence electrons. The summed E-state index contributed by atoms with van der Waals surface area (Å²) in [6.07, 6.45) is 0. The van der Waals surface area contributed by atoms with Crippen LogP contribution in [0.3, 0.4) is 0 Å². The molecule has 5 nitrogen and oxygen atoms in total. The molecular formula is C15H21NO4. The second-order valence-electron chi connectivity index (χ2n) is 5.50. The standard InChI is InChI=1S/C15H21NO4/c1-10(8-17)16-7-13(18)11-4-5-14-12(6-11)9-19-15(2,3)20-14/h4-6,10,16-17H,7-9H2,1-3H3. The molecule has 0 saturated heterocycles. The van der Waals surface area contributed by atoms with E-state index in [9.17, 15) is 4.79 Å². The molecule has 1 unspecified atom stereocenters. The number of aliphatic hydroxyl groups excluding tert-OH is 1. The molecule has 0 aliphatic carbocycles. The van der Waals surface area contributed by atoms with E-state index in [-0.39, 0.29) is 25.0 Å². The van der Waals surface area contributed by atoms with E-state index in [0.29, 0.717) is 12.2 Å². The van der Waals surface area contributed by atoms with Crippen LogP contribution < -0.4 is 10.1 Å². The molecule has 0 aromatic heterocycles. The lowest BCUT2D eigenvalue weighted by atomic mass is 10.1. The molecule has 1 aliphatic heterocycles. The second-order valence-corrected chi connectivity index (χ2v) is 5.50. The lowest BCUT2D eigenvalue weighted by Gasteiger charge is -2.32. The molecule has 1 heterocycles.